The molecule has 0 amide bonds. The van der Waals surface area contributed by atoms with Crippen LogP contribution < -0.4 is 5.32 Å². The van der Waals surface area contributed by atoms with Crippen molar-refractivity contribution < 1.29 is 13.2 Å². The van der Waals surface area contributed by atoms with Crippen LogP contribution in [-0.4, -0.2) is 26.1 Å². The number of benzene rings is 1. The molecule has 0 bridgehead atoms. The Balaban J connectivity index is 1.54. The van der Waals surface area contributed by atoms with Crippen LogP contribution in [0.25, 0.3) is 16.2 Å². The van der Waals surface area contributed by atoms with Gasteiger partial charge in [-0.3, -0.25) is 4.98 Å². The van der Waals surface area contributed by atoms with Crippen molar-refractivity contribution in [1.29, 1.82) is 0 Å². The van der Waals surface area contributed by atoms with Gasteiger partial charge in [-0.1, -0.05) is 29.5 Å². The number of anilines is 1. The van der Waals surface area contributed by atoms with E-state index >= 15 is 0 Å². The van der Waals surface area contributed by atoms with Crippen molar-refractivity contribution in [3.8, 4) is 11.3 Å². The topological polar surface area (TPSA) is 55.1 Å². The van der Waals surface area contributed by atoms with E-state index in [9.17, 15) is 13.2 Å². The molecular weight excluding hydrogens is 375 g/mol. The summed E-state index contributed by atoms with van der Waals surface area (Å²) in [4.78, 5) is 9.13. The van der Waals surface area contributed by atoms with Gasteiger partial charge in [0, 0.05) is 30.4 Å². The quantitative estimate of drug-likeness (QED) is 0.545. The molecule has 0 aliphatic carbocycles. The predicted molar refractivity (Wildman–Crippen MR) is 97.7 cm³/mol. The smallest absolute Gasteiger partial charge is 0.360 e. The lowest BCUT2D eigenvalue weighted by atomic mass is 10.1. The number of fused-ring (bicyclic) bond motifs is 1. The minimum Gasteiger partial charge on any atom is -0.360 e. The number of hydrogen-bond acceptors (Lipinski definition) is 5. The molecule has 4 rings (SSSR count). The van der Waals surface area contributed by atoms with Crippen LogP contribution in [0, 0.1) is 0 Å². The Bertz CT molecular complexity index is 1060. The lowest BCUT2D eigenvalue weighted by Gasteiger charge is -2.07. The van der Waals surface area contributed by atoms with Crippen molar-refractivity contribution in [2.24, 2.45) is 0 Å². The maximum atomic E-state index is 13.0. The number of halogens is 3. The number of hydrogen-bond donors (Lipinski definition) is 1. The maximum absolute atomic E-state index is 13.0. The molecular formula is C18H14F3N5S. The number of nitrogens with zero attached hydrogens (tertiary/aromatic N) is 4. The van der Waals surface area contributed by atoms with E-state index in [-0.39, 0.29) is 0 Å². The van der Waals surface area contributed by atoms with Crippen LogP contribution in [-0.2, 0) is 12.6 Å². The van der Waals surface area contributed by atoms with E-state index in [1.165, 1.54) is 23.6 Å². The number of rotatable bonds is 5. The SMILES string of the molecule is FC(F)(F)c1cccc(-c2cnc3sc(NCCc4ccccn4)nn23)c1. The Hall–Kier alpha value is -2.94. The molecule has 0 aliphatic rings. The van der Waals surface area contributed by atoms with Gasteiger partial charge >= 0.3 is 6.18 Å². The van der Waals surface area contributed by atoms with E-state index in [0.29, 0.717) is 27.9 Å². The zero-order chi connectivity index (χ0) is 18.9. The van der Waals surface area contributed by atoms with E-state index in [1.807, 2.05) is 18.2 Å². The van der Waals surface area contributed by atoms with Crippen LogP contribution in [0.15, 0.2) is 54.9 Å². The summed E-state index contributed by atoms with van der Waals surface area (Å²) < 4.78 is 40.4. The molecule has 0 unspecified atom stereocenters. The molecule has 0 saturated carbocycles. The molecule has 0 aliphatic heterocycles. The normalized spacial score (nSPS) is 11.8. The Morgan fingerprint density at radius 1 is 1.07 bits per heavy atom. The first-order valence-electron chi connectivity index (χ1n) is 8.17. The highest BCUT2D eigenvalue weighted by atomic mass is 32.1. The van der Waals surface area contributed by atoms with Crippen LogP contribution in [0.3, 0.4) is 0 Å². The molecule has 0 saturated heterocycles. The monoisotopic (exact) mass is 389 g/mol. The fraction of sp³-hybridized carbons (Fsp3) is 0.167. The van der Waals surface area contributed by atoms with E-state index in [0.717, 1.165) is 24.2 Å². The second-order valence-corrected chi connectivity index (χ2v) is 6.78. The van der Waals surface area contributed by atoms with Crippen molar-refractivity contribution in [2.75, 3.05) is 11.9 Å². The van der Waals surface area contributed by atoms with Gasteiger partial charge in [-0.15, -0.1) is 5.10 Å². The summed E-state index contributed by atoms with van der Waals surface area (Å²) in [5, 5.41) is 8.30. The van der Waals surface area contributed by atoms with Crippen LogP contribution in [0.1, 0.15) is 11.3 Å². The van der Waals surface area contributed by atoms with Crippen molar-refractivity contribution in [2.45, 2.75) is 12.6 Å². The molecule has 0 spiro atoms. The lowest BCUT2D eigenvalue weighted by molar-refractivity contribution is -0.137. The van der Waals surface area contributed by atoms with Gasteiger partial charge in [0.2, 0.25) is 10.1 Å². The second kappa shape index (κ2) is 6.99. The van der Waals surface area contributed by atoms with Crippen LogP contribution in [0.2, 0.25) is 0 Å². The molecule has 0 radical (unpaired) electrons. The zero-order valence-electron chi connectivity index (χ0n) is 13.9. The maximum Gasteiger partial charge on any atom is 0.416 e. The highest BCUT2D eigenvalue weighted by molar-refractivity contribution is 7.20. The summed E-state index contributed by atoms with van der Waals surface area (Å²) in [6.45, 7) is 0.645. The summed E-state index contributed by atoms with van der Waals surface area (Å²) in [5.41, 5.74) is 1.21. The number of alkyl halides is 3. The molecule has 5 nitrogen and oxygen atoms in total. The minimum atomic E-state index is -4.39. The van der Waals surface area contributed by atoms with Gasteiger partial charge in [-0.2, -0.15) is 13.2 Å². The Kier molecular flexibility index (Phi) is 4.53. The largest absolute Gasteiger partial charge is 0.416 e. The summed E-state index contributed by atoms with van der Waals surface area (Å²) in [5.74, 6) is 0. The molecule has 27 heavy (non-hydrogen) atoms. The van der Waals surface area contributed by atoms with Crippen molar-refractivity contribution >= 4 is 21.4 Å². The predicted octanol–water partition coefficient (Wildman–Crippen LogP) is 4.53. The molecule has 3 heterocycles. The van der Waals surface area contributed by atoms with Gasteiger partial charge in [-0.25, -0.2) is 9.50 Å². The first-order chi connectivity index (χ1) is 13.0. The highest BCUT2D eigenvalue weighted by Gasteiger charge is 2.30. The number of aromatic nitrogens is 4. The van der Waals surface area contributed by atoms with Gasteiger partial charge in [0.1, 0.15) is 0 Å². The third-order valence-corrected chi connectivity index (χ3v) is 4.83. The summed E-state index contributed by atoms with van der Waals surface area (Å²) in [7, 11) is 0. The van der Waals surface area contributed by atoms with Crippen molar-refractivity contribution in [3.63, 3.8) is 0 Å². The average molecular weight is 389 g/mol. The fourth-order valence-corrected chi connectivity index (χ4v) is 3.46. The molecule has 1 aromatic carbocycles. The Morgan fingerprint density at radius 2 is 1.96 bits per heavy atom. The fourth-order valence-electron chi connectivity index (χ4n) is 2.66. The summed E-state index contributed by atoms with van der Waals surface area (Å²) in [6, 6.07) is 10.9. The zero-order valence-corrected chi connectivity index (χ0v) is 14.8. The molecule has 138 valence electrons. The molecule has 4 aromatic rings. The molecule has 0 fully saturated rings. The van der Waals surface area contributed by atoms with Crippen LogP contribution in [0.5, 0.6) is 0 Å². The molecule has 0 atom stereocenters. The first-order valence-corrected chi connectivity index (χ1v) is 8.98. The van der Waals surface area contributed by atoms with Gasteiger partial charge in [0.05, 0.1) is 17.5 Å². The third kappa shape index (κ3) is 3.77. The van der Waals surface area contributed by atoms with Gasteiger partial charge in [0.25, 0.3) is 0 Å². The Morgan fingerprint density at radius 3 is 2.74 bits per heavy atom. The average Bonchev–Trinajstić information content (AvgIpc) is 3.22. The minimum absolute atomic E-state index is 0.419. The lowest BCUT2D eigenvalue weighted by Crippen LogP contribution is -2.06. The highest BCUT2D eigenvalue weighted by Crippen LogP contribution is 2.33. The van der Waals surface area contributed by atoms with Crippen LogP contribution in [0.4, 0.5) is 18.3 Å². The van der Waals surface area contributed by atoms with Gasteiger partial charge < -0.3 is 5.32 Å². The molecule has 1 N–H and O–H groups in total. The van der Waals surface area contributed by atoms with E-state index in [4.69, 9.17) is 0 Å². The standard InChI is InChI=1S/C18H14F3N5S/c19-18(20,21)13-5-3-4-12(10-13)15-11-24-17-26(15)25-16(27-17)23-9-7-14-6-1-2-8-22-14/h1-6,8,10-11H,7,9H2,(H,23,25). The van der Waals surface area contributed by atoms with E-state index in [2.05, 4.69) is 20.4 Å². The molecule has 3 aromatic heterocycles. The third-order valence-electron chi connectivity index (χ3n) is 3.95. The van der Waals surface area contributed by atoms with E-state index < -0.39 is 11.7 Å². The van der Waals surface area contributed by atoms with Gasteiger partial charge in [0.15, 0.2) is 0 Å². The van der Waals surface area contributed by atoms with Crippen LogP contribution >= 0.6 is 11.3 Å². The number of nitrogens with one attached hydrogen (secondary N) is 1. The number of imidazole rings is 1. The Labute approximate surface area is 156 Å². The summed E-state index contributed by atoms with van der Waals surface area (Å²) >= 11 is 1.34. The van der Waals surface area contributed by atoms with E-state index in [1.54, 1.807) is 16.8 Å². The van der Waals surface area contributed by atoms with Crippen molar-refractivity contribution in [3.05, 3.63) is 66.1 Å². The number of pyridine rings is 1. The molecule has 9 heteroatoms. The van der Waals surface area contributed by atoms with Gasteiger partial charge in [-0.05, 0) is 24.3 Å². The second-order valence-electron chi connectivity index (χ2n) is 5.82. The first kappa shape index (κ1) is 17.5. The van der Waals surface area contributed by atoms with Crippen molar-refractivity contribution in [1.82, 2.24) is 19.6 Å². The summed E-state index contributed by atoms with van der Waals surface area (Å²) in [6.07, 6.45) is -0.372.